The van der Waals surface area contributed by atoms with Crippen molar-refractivity contribution < 1.29 is 14.5 Å². The van der Waals surface area contributed by atoms with E-state index in [2.05, 4.69) is 10.2 Å². The third-order valence-corrected chi connectivity index (χ3v) is 4.91. The van der Waals surface area contributed by atoms with Crippen molar-refractivity contribution in [1.82, 2.24) is 4.90 Å². The molecule has 0 spiro atoms. The molecule has 148 valence electrons. The molecule has 0 saturated carbocycles. The monoisotopic (exact) mass is 403 g/mol. The van der Waals surface area contributed by atoms with Crippen LogP contribution >= 0.6 is 11.6 Å². The molecule has 1 aliphatic rings. The Morgan fingerprint density at radius 2 is 1.86 bits per heavy atom. The van der Waals surface area contributed by atoms with Crippen LogP contribution in [0.1, 0.15) is 25.5 Å². The van der Waals surface area contributed by atoms with Gasteiger partial charge in [-0.15, -0.1) is 0 Å². The summed E-state index contributed by atoms with van der Waals surface area (Å²) in [6, 6.07) is 13.2. The Kier molecular flexibility index (Phi) is 6.28. The fourth-order valence-electron chi connectivity index (χ4n) is 3.53. The number of amides is 1. The molecule has 0 aromatic heterocycles. The summed E-state index contributed by atoms with van der Waals surface area (Å²) in [6.07, 6.45) is -0.00115. The molecule has 0 unspecified atom stereocenters. The Hall–Kier alpha value is -2.48. The second-order valence-electron chi connectivity index (χ2n) is 6.94. The first-order valence-corrected chi connectivity index (χ1v) is 9.42. The van der Waals surface area contributed by atoms with Crippen molar-refractivity contribution in [3.05, 3.63) is 69.2 Å². The molecule has 3 rings (SSSR count). The lowest BCUT2D eigenvalue weighted by atomic mass is 10.0. The van der Waals surface area contributed by atoms with Gasteiger partial charge in [0.2, 0.25) is 5.91 Å². The first kappa shape index (κ1) is 20.3. The Morgan fingerprint density at radius 3 is 2.46 bits per heavy atom. The minimum Gasteiger partial charge on any atom is -0.373 e. The van der Waals surface area contributed by atoms with Crippen LogP contribution in [0.3, 0.4) is 0 Å². The number of nitrogens with one attached hydrogen (secondary N) is 1. The normalized spacial score (nSPS) is 21.1. The quantitative estimate of drug-likeness (QED) is 0.601. The summed E-state index contributed by atoms with van der Waals surface area (Å²) in [6.45, 7) is 5.17. The maximum atomic E-state index is 13.2. The van der Waals surface area contributed by atoms with Gasteiger partial charge in [0.25, 0.3) is 5.69 Å². The Bertz CT molecular complexity index is 852. The molecule has 1 heterocycles. The maximum Gasteiger partial charge on any atom is 0.289 e. The minimum atomic E-state index is -0.571. The molecule has 0 radical (unpaired) electrons. The minimum absolute atomic E-state index is 0.000573. The number of anilines is 1. The van der Waals surface area contributed by atoms with Crippen molar-refractivity contribution in [2.24, 2.45) is 0 Å². The highest BCUT2D eigenvalue weighted by Gasteiger charge is 2.33. The van der Waals surface area contributed by atoms with Crippen LogP contribution in [-0.4, -0.2) is 41.0 Å². The molecule has 0 bridgehead atoms. The molecule has 1 fully saturated rings. The number of morpholine rings is 1. The van der Waals surface area contributed by atoms with Crippen LogP contribution in [0, 0.1) is 10.1 Å². The first-order chi connectivity index (χ1) is 13.3. The zero-order chi connectivity index (χ0) is 20.3. The molecule has 8 heteroatoms. The predicted molar refractivity (Wildman–Crippen MR) is 108 cm³/mol. The van der Waals surface area contributed by atoms with E-state index in [-0.39, 0.29) is 28.8 Å². The second-order valence-corrected chi connectivity index (χ2v) is 7.34. The molecule has 1 amide bonds. The molecule has 7 nitrogen and oxygen atoms in total. The van der Waals surface area contributed by atoms with E-state index >= 15 is 0 Å². The highest BCUT2D eigenvalue weighted by Crippen LogP contribution is 2.30. The summed E-state index contributed by atoms with van der Waals surface area (Å²) >= 11 is 5.86. The van der Waals surface area contributed by atoms with Crippen molar-refractivity contribution in [3.8, 4) is 0 Å². The van der Waals surface area contributed by atoms with Gasteiger partial charge in [-0.05, 0) is 31.5 Å². The van der Waals surface area contributed by atoms with E-state index < -0.39 is 11.0 Å². The molecule has 1 N–H and O–H groups in total. The number of carbonyl (C=O) groups is 1. The number of nitrogens with zero attached hydrogens (tertiary/aromatic N) is 2. The van der Waals surface area contributed by atoms with Gasteiger partial charge in [0.15, 0.2) is 0 Å². The molecule has 28 heavy (non-hydrogen) atoms. The Balaban J connectivity index is 1.89. The highest BCUT2D eigenvalue weighted by molar-refractivity contribution is 6.32. The Morgan fingerprint density at radius 1 is 1.21 bits per heavy atom. The average molecular weight is 404 g/mol. The number of hydrogen-bond donors (Lipinski definition) is 1. The summed E-state index contributed by atoms with van der Waals surface area (Å²) in [5.74, 6) is -0.260. The number of carbonyl (C=O) groups excluding carboxylic acids is 1. The Labute approximate surface area is 168 Å². The van der Waals surface area contributed by atoms with Gasteiger partial charge in [0.1, 0.15) is 11.1 Å². The summed E-state index contributed by atoms with van der Waals surface area (Å²) in [5, 5.41) is 14.0. The molecular weight excluding hydrogens is 382 g/mol. The van der Waals surface area contributed by atoms with Crippen molar-refractivity contribution in [3.63, 3.8) is 0 Å². The van der Waals surface area contributed by atoms with Gasteiger partial charge in [-0.3, -0.25) is 19.8 Å². The van der Waals surface area contributed by atoms with Crippen molar-refractivity contribution in [2.45, 2.75) is 32.1 Å². The largest absolute Gasteiger partial charge is 0.373 e. The molecule has 2 aromatic rings. The van der Waals surface area contributed by atoms with E-state index in [0.717, 1.165) is 5.56 Å². The van der Waals surface area contributed by atoms with E-state index in [0.29, 0.717) is 18.8 Å². The van der Waals surface area contributed by atoms with Crippen LogP contribution in [0.5, 0.6) is 0 Å². The maximum absolute atomic E-state index is 13.2. The van der Waals surface area contributed by atoms with Crippen LogP contribution in [0.15, 0.2) is 48.5 Å². The molecular formula is C20H22ClN3O4. The number of nitro benzene ring substituents is 1. The van der Waals surface area contributed by atoms with E-state index in [4.69, 9.17) is 16.3 Å². The highest BCUT2D eigenvalue weighted by atomic mass is 35.5. The van der Waals surface area contributed by atoms with Crippen molar-refractivity contribution >= 4 is 28.9 Å². The van der Waals surface area contributed by atoms with Crippen LogP contribution in [0.4, 0.5) is 11.4 Å². The van der Waals surface area contributed by atoms with Crippen LogP contribution in [0.25, 0.3) is 0 Å². The number of benzene rings is 2. The summed E-state index contributed by atoms with van der Waals surface area (Å²) < 4.78 is 5.79. The average Bonchev–Trinajstić information content (AvgIpc) is 2.63. The molecule has 1 saturated heterocycles. The second kappa shape index (κ2) is 8.68. The first-order valence-electron chi connectivity index (χ1n) is 9.04. The van der Waals surface area contributed by atoms with E-state index in [9.17, 15) is 14.9 Å². The van der Waals surface area contributed by atoms with Crippen LogP contribution in [0.2, 0.25) is 5.02 Å². The topological polar surface area (TPSA) is 84.7 Å². The summed E-state index contributed by atoms with van der Waals surface area (Å²) in [5.41, 5.74) is 0.936. The zero-order valence-corrected chi connectivity index (χ0v) is 16.4. The van der Waals surface area contributed by atoms with Gasteiger partial charge in [-0.25, -0.2) is 0 Å². The lowest BCUT2D eigenvalue weighted by molar-refractivity contribution is -0.384. The fourth-order valence-corrected chi connectivity index (χ4v) is 3.72. The smallest absolute Gasteiger partial charge is 0.289 e. The summed E-state index contributed by atoms with van der Waals surface area (Å²) in [4.78, 5) is 25.8. The third-order valence-electron chi connectivity index (χ3n) is 4.59. The molecule has 0 aliphatic carbocycles. The van der Waals surface area contributed by atoms with Gasteiger partial charge < -0.3 is 10.1 Å². The number of halogens is 1. The molecule has 2 aromatic carbocycles. The van der Waals surface area contributed by atoms with Gasteiger partial charge in [0.05, 0.1) is 17.1 Å². The summed E-state index contributed by atoms with van der Waals surface area (Å²) in [7, 11) is 0. The zero-order valence-electron chi connectivity index (χ0n) is 15.7. The predicted octanol–water partition coefficient (Wildman–Crippen LogP) is 4.04. The fraction of sp³-hybridized carbons (Fsp3) is 0.350. The standard InChI is InChI=1S/C20H22ClN3O4/c1-13-11-23(12-14(2)28-13)19(15-6-4-3-5-7-15)20(25)22-16-8-9-17(21)18(10-16)24(26)27/h3-10,13-14,19H,11-12H2,1-2H3,(H,22,25)/t13-,14-,19-/m1/s1. The van der Waals surface area contributed by atoms with Crippen molar-refractivity contribution in [1.29, 1.82) is 0 Å². The SMILES string of the molecule is C[C@@H]1CN([C@@H](C(=O)Nc2ccc(Cl)c([N+](=O)[O-])c2)c2ccccc2)C[C@@H](C)O1. The lowest BCUT2D eigenvalue weighted by Gasteiger charge is -2.39. The number of nitro groups is 1. The lowest BCUT2D eigenvalue weighted by Crippen LogP contribution is -2.49. The van der Waals surface area contributed by atoms with Crippen molar-refractivity contribution in [2.75, 3.05) is 18.4 Å². The van der Waals surface area contributed by atoms with E-state index in [1.165, 1.54) is 12.1 Å². The van der Waals surface area contributed by atoms with Crippen LogP contribution in [-0.2, 0) is 9.53 Å². The van der Waals surface area contributed by atoms with Gasteiger partial charge >= 0.3 is 0 Å². The number of hydrogen-bond acceptors (Lipinski definition) is 5. The third kappa shape index (κ3) is 4.67. The van der Waals surface area contributed by atoms with E-state index in [1.807, 2.05) is 44.2 Å². The van der Waals surface area contributed by atoms with Crippen LogP contribution < -0.4 is 5.32 Å². The van der Waals surface area contributed by atoms with Gasteiger partial charge in [0, 0.05) is 24.8 Å². The molecule has 1 aliphatic heterocycles. The number of ether oxygens (including phenoxy) is 1. The van der Waals surface area contributed by atoms with Gasteiger partial charge in [-0.1, -0.05) is 41.9 Å². The van der Waals surface area contributed by atoms with Gasteiger partial charge in [-0.2, -0.15) is 0 Å². The number of rotatable bonds is 5. The molecule has 3 atom stereocenters. The van der Waals surface area contributed by atoms with E-state index in [1.54, 1.807) is 6.07 Å².